The van der Waals surface area contributed by atoms with Crippen LogP contribution in [0.15, 0.2) is 23.5 Å². The maximum Gasteiger partial charge on any atom is 0.309 e. The molecule has 7 heteroatoms. The third-order valence-corrected chi connectivity index (χ3v) is 2.05. The van der Waals surface area contributed by atoms with Crippen molar-refractivity contribution in [2.24, 2.45) is 5.18 Å². The van der Waals surface area contributed by atoms with E-state index in [2.05, 4.69) is 10.2 Å². The number of nitroso groups, excluding NO2 is 1. The molecule has 0 radical (unpaired) electrons. The van der Waals surface area contributed by atoms with Crippen LogP contribution in [-0.2, 0) is 11.2 Å². The van der Waals surface area contributed by atoms with E-state index < -0.39 is 18.2 Å². The molecule has 16 heavy (non-hydrogen) atoms. The lowest BCUT2D eigenvalue weighted by atomic mass is 10.3. The number of hydrogen-bond acceptors (Lipinski definition) is 4. The number of nitrogens with zero attached hydrogens (tertiary/aromatic N) is 3. The van der Waals surface area contributed by atoms with Crippen molar-refractivity contribution in [1.29, 1.82) is 0 Å². The molecule has 2 aromatic rings. The summed E-state index contributed by atoms with van der Waals surface area (Å²) in [6.07, 6.45) is 0.926. The number of fused-ring (bicyclic) bond motifs is 1. The van der Waals surface area contributed by atoms with Crippen LogP contribution in [0.1, 0.15) is 5.69 Å². The van der Waals surface area contributed by atoms with Crippen molar-refractivity contribution < 1.29 is 14.3 Å². The number of carbonyl (C=O) groups is 1. The monoisotopic (exact) mass is 223 g/mol. The SMILES string of the molecule is O=Nc1c(CC(=O)O)nc2c(F)cccn12. The zero-order valence-corrected chi connectivity index (χ0v) is 7.92. The van der Waals surface area contributed by atoms with E-state index >= 15 is 0 Å². The van der Waals surface area contributed by atoms with Crippen molar-refractivity contribution in [3.63, 3.8) is 0 Å². The first-order valence-corrected chi connectivity index (χ1v) is 4.34. The Bertz CT molecular complexity index is 579. The van der Waals surface area contributed by atoms with Crippen LogP contribution in [0.25, 0.3) is 5.65 Å². The Morgan fingerprint density at radius 3 is 3.00 bits per heavy atom. The standard InChI is InChI=1S/C9H6FN3O3/c10-5-2-1-3-13-8(5)11-6(4-7(14)15)9(13)12-16/h1-3H,4H2,(H,14,15). The molecule has 2 heterocycles. The summed E-state index contributed by atoms with van der Waals surface area (Å²) in [5, 5.41) is 11.3. The summed E-state index contributed by atoms with van der Waals surface area (Å²) in [4.78, 5) is 24.8. The van der Waals surface area contributed by atoms with Crippen molar-refractivity contribution in [1.82, 2.24) is 9.38 Å². The van der Waals surface area contributed by atoms with Crippen LogP contribution in [0, 0.1) is 10.7 Å². The number of pyridine rings is 1. The summed E-state index contributed by atoms with van der Waals surface area (Å²) in [5.74, 6) is -1.98. The Balaban J connectivity index is 2.70. The summed E-state index contributed by atoms with van der Waals surface area (Å²) in [5.41, 5.74) is -0.152. The van der Waals surface area contributed by atoms with Gasteiger partial charge in [0.05, 0.1) is 6.42 Å². The summed E-state index contributed by atoms with van der Waals surface area (Å²) in [7, 11) is 0. The van der Waals surface area contributed by atoms with Crippen LogP contribution >= 0.6 is 0 Å². The lowest BCUT2D eigenvalue weighted by molar-refractivity contribution is -0.136. The Morgan fingerprint density at radius 2 is 2.38 bits per heavy atom. The van der Waals surface area contributed by atoms with Gasteiger partial charge < -0.3 is 5.11 Å². The normalized spacial score (nSPS) is 10.6. The molecule has 2 rings (SSSR count). The van der Waals surface area contributed by atoms with E-state index in [9.17, 15) is 14.1 Å². The predicted molar refractivity (Wildman–Crippen MR) is 51.9 cm³/mol. The number of carboxylic acids is 1. The third-order valence-electron chi connectivity index (χ3n) is 2.05. The Kier molecular flexibility index (Phi) is 2.35. The highest BCUT2D eigenvalue weighted by molar-refractivity contribution is 5.72. The van der Waals surface area contributed by atoms with Gasteiger partial charge in [-0.1, -0.05) is 0 Å². The van der Waals surface area contributed by atoms with E-state index in [-0.39, 0.29) is 17.2 Å². The number of aliphatic carboxylic acids is 1. The first-order valence-electron chi connectivity index (χ1n) is 4.34. The van der Waals surface area contributed by atoms with Crippen LogP contribution in [-0.4, -0.2) is 20.5 Å². The van der Waals surface area contributed by atoms with Gasteiger partial charge in [0.25, 0.3) is 0 Å². The van der Waals surface area contributed by atoms with E-state index in [1.165, 1.54) is 18.3 Å². The predicted octanol–water partition coefficient (Wildman–Crippen LogP) is 1.50. The molecule has 82 valence electrons. The molecule has 0 aromatic carbocycles. The minimum atomic E-state index is -1.16. The summed E-state index contributed by atoms with van der Waals surface area (Å²) >= 11 is 0. The molecule has 0 aliphatic rings. The van der Waals surface area contributed by atoms with Crippen LogP contribution in [0.3, 0.4) is 0 Å². The van der Waals surface area contributed by atoms with Gasteiger partial charge in [-0.3, -0.25) is 9.20 Å². The molecule has 0 saturated carbocycles. The Labute approximate surface area is 88.3 Å². The first-order chi connectivity index (χ1) is 7.63. The minimum Gasteiger partial charge on any atom is -0.481 e. The second-order valence-electron chi connectivity index (χ2n) is 3.09. The lowest BCUT2D eigenvalue weighted by Gasteiger charge is -1.94. The summed E-state index contributed by atoms with van der Waals surface area (Å²) in [6.45, 7) is 0. The Hall–Kier alpha value is -2.31. The fourth-order valence-electron chi connectivity index (χ4n) is 1.43. The molecule has 0 spiro atoms. The highest BCUT2D eigenvalue weighted by atomic mass is 19.1. The number of rotatable bonds is 3. The highest BCUT2D eigenvalue weighted by Crippen LogP contribution is 2.22. The molecular formula is C9H6FN3O3. The van der Waals surface area contributed by atoms with Crippen molar-refractivity contribution in [2.75, 3.05) is 0 Å². The van der Waals surface area contributed by atoms with Crippen molar-refractivity contribution in [2.45, 2.75) is 6.42 Å². The smallest absolute Gasteiger partial charge is 0.309 e. The van der Waals surface area contributed by atoms with Crippen molar-refractivity contribution in [3.05, 3.63) is 34.7 Å². The van der Waals surface area contributed by atoms with E-state index in [4.69, 9.17) is 5.11 Å². The quantitative estimate of drug-likeness (QED) is 0.799. The molecule has 0 amide bonds. The third kappa shape index (κ3) is 1.52. The molecule has 1 N–H and O–H groups in total. The van der Waals surface area contributed by atoms with Gasteiger partial charge in [0.1, 0.15) is 5.69 Å². The zero-order chi connectivity index (χ0) is 11.7. The minimum absolute atomic E-state index is 0.0485. The fraction of sp³-hybridized carbons (Fsp3) is 0.111. The molecule has 0 atom stereocenters. The number of aromatic nitrogens is 2. The summed E-state index contributed by atoms with van der Waals surface area (Å²) in [6, 6.07) is 2.55. The van der Waals surface area contributed by atoms with Crippen LogP contribution in [0.4, 0.5) is 10.2 Å². The number of carboxylic acid groups (broad SMARTS) is 1. The molecule has 0 unspecified atom stereocenters. The highest BCUT2D eigenvalue weighted by Gasteiger charge is 2.17. The fourth-order valence-corrected chi connectivity index (χ4v) is 1.43. The number of hydrogen-bond donors (Lipinski definition) is 1. The van der Waals surface area contributed by atoms with Gasteiger partial charge in [-0.15, -0.1) is 4.91 Å². The molecule has 0 bridgehead atoms. The van der Waals surface area contributed by atoms with Crippen molar-refractivity contribution in [3.8, 4) is 0 Å². The van der Waals surface area contributed by atoms with Gasteiger partial charge in [-0.05, 0) is 17.3 Å². The molecule has 2 aromatic heterocycles. The Morgan fingerprint density at radius 1 is 1.62 bits per heavy atom. The van der Waals surface area contributed by atoms with Gasteiger partial charge >= 0.3 is 5.97 Å². The molecular weight excluding hydrogens is 217 g/mol. The molecule has 0 aliphatic heterocycles. The van der Waals surface area contributed by atoms with Gasteiger partial charge in [-0.2, -0.15) is 0 Å². The first kappa shape index (κ1) is 10.2. The largest absolute Gasteiger partial charge is 0.481 e. The molecule has 0 saturated heterocycles. The number of halogens is 1. The average Bonchev–Trinajstić information content (AvgIpc) is 2.56. The maximum atomic E-state index is 13.3. The van der Waals surface area contributed by atoms with Gasteiger partial charge in [0, 0.05) is 6.20 Å². The summed E-state index contributed by atoms with van der Waals surface area (Å²) < 4.78 is 14.4. The van der Waals surface area contributed by atoms with Crippen LogP contribution < -0.4 is 0 Å². The van der Waals surface area contributed by atoms with E-state index in [0.717, 1.165) is 4.40 Å². The van der Waals surface area contributed by atoms with E-state index in [1.807, 2.05) is 0 Å². The van der Waals surface area contributed by atoms with Gasteiger partial charge in [0.2, 0.25) is 5.82 Å². The van der Waals surface area contributed by atoms with Crippen molar-refractivity contribution >= 4 is 17.4 Å². The second-order valence-corrected chi connectivity index (χ2v) is 3.09. The molecule has 6 nitrogen and oxygen atoms in total. The molecule has 0 fully saturated rings. The number of imidazole rings is 1. The van der Waals surface area contributed by atoms with E-state index in [1.54, 1.807) is 0 Å². The van der Waals surface area contributed by atoms with Gasteiger partial charge in [-0.25, -0.2) is 9.37 Å². The zero-order valence-electron chi connectivity index (χ0n) is 7.92. The maximum absolute atomic E-state index is 13.3. The van der Waals surface area contributed by atoms with E-state index in [0.29, 0.717) is 0 Å². The van der Waals surface area contributed by atoms with Crippen LogP contribution in [0.2, 0.25) is 0 Å². The average molecular weight is 223 g/mol. The topological polar surface area (TPSA) is 84.0 Å². The van der Waals surface area contributed by atoms with Crippen LogP contribution in [0.5, 0.6) is 0 Å². The lowest BCUT2D eigenvalue weighted by Crippen LogP contribution is -2.00. The second kappa shape index (κ2) is 3.69. The molecule has 0 aliphatic carbocycles. The van der Waals surface area contributed by atoms with Gasteiger partial charge in [0.15, 0.2) is 11.5 Å².